The van der Waals surface area contributed by atoms with Gasteiger partial charge in [-0.2, -0.15) is 11.8 Å². The van der Waals surface area contributed by atoms with Gasteiger partial charge in [0.15, 0.2) is 0 Å². The van der Waals surface area contributed by atoms with Crippen molar-refractivity contribution in [1.29, 1.82) is 0 Å². The van der Waals surface area contributed by atoms with Gasteiger partial charge in [-0.05, 0) is 24.3 Å². The molecular weight excluding hydrogens is 248 g/mol. The van der Waals surface area contributed by atoms with E-state index in [0.717, 1.165) is 17.9 Å². The first-order chi connectivity index (χ1) is 8.76. The van der Waals surface area contributed by atoms with E-state index >= 15 is 0 Å². The van der Waals surface area contributed by atoms with Crippen LogP contribution in [0.2, 0.25) is 0 Å². The molecule has 0 saturated heterocycles. The quantitative estimate of drug-likeness (QED) is 0.696. The van der Waals surface area contributed by atoms with E-state index in [1.165, 1.54) is 0 Å². The monoisotopic (exact) mass is 268 g/mol. The zero-order valence-corrected chi connectivity index (χ0v) is 11.4. The Balaban J connectivity index is 2.35. The highest BCUT2D eigenvalue weighted by Gasteiger charge is 2.12. The Labute approximate surface area is 112 Å². The summed E-state index contributed by atoms with van der Waals surface area (Å²) in [6.07, 6.45) is 3.33. The van der Waals surface area contributed by atoms with Crippen LogP contribution in [0, 0.1) is 0 Å². The van der Waals surface area contributed by atoms with Crippen molar-refractivity contribution in [1.82, 2.24) is 10.3 Å². The van der Waals surface area contributed by atoms with Crippen LogP contribution in [0.15, 0.2) is 24.4 Å². The molecule has 1 rings (SSSR count). The number of nitrogens with one attached hydrogen (secondary N) is 1. The summed E-state index contributed by atoms with van der Waals surface area (Å²) in [6, 6.07) is 5.38. The van der Waals surface area contributed by atoms with Crippen LogP contribution in [0.4, 0.5) is 0 Å². The van der Waals surface area contributed by atoms with Crippen molar-refractivity contribution in [2.24, 2.45) is 0 Å². The molecule has 1 heterocycles. The number of aliphatic hydroxyl groups excluding tert-OH is 1. The molecule has 0 saturated carbocycles. The normalized spacial score (nSPS) is 12.1. The van der Waals surface area contributed by atoms with Gasteiger partial charge in [-0.1, -0.05) is 13.0 Å². The number of carbonyl (C=O) groups is 1. The molecule has 2 N–H and O–H groups in total. The van der Waals surface area contributed by atoms with Gasteiger partial charge in [0.1, 0.15) is 0 Å². The highest BCUT2D eigenvalue weighted by molar-refractivity contribution is 7.99. The van der Waals surface area contributed by atoms with Crippen LogP contribution in [0.25, 0.3) is 0 Å². The summed E-state index contributed by atoms with van der Waals surface area (Å²) in [5, 5.41) is 12.1. The minimum atomic E-state index is -0.255. The van der Waals surface area contributed by atoms with E-state index in [2.05, 4.69) is 17.2 Å². The zero-order valence-electron chi connectivity index (χ0n) is 10.6. The Bertz CT molecular complexity index is 346. The second-order valence-electron chi connectivity index (χ2n) is 4.02. The molecule has 0 aliphatic rings. The standard InChI is InChI=1S/C13H20N2O2S/c1-2-7-18-10-13(17)15-12(9-16)8-11-5-3-4-6-14-11/h3-6,12,16H,2,7-10H2,1H3,(H,15,17)/t12-/m1/s1. The first kappa shape index (κ1) is 15.0. The zero-order chi connectivity index (χ0) is 13.2. The summed E-state index contributed by atoms with van der Waals surface area (Å²) in [6.45, 7) is 2.02. The SMILES string of the molecule is CCCSCC(=O)N[C@@H](CO)Cc1ccccn1. The van der Waals surface area contributed by atoms with E-state index in [4.69, 9.17) is 0 Å². The highest BCUT2D eigenvalue weighted by atomic mass is 32.2. The Morgan fingerprint density at radius 1 is 1.56 bits per heavy atom. The predicted octanol–water partition coefficient (Wildman–Crippen LogP) is 1.24. The third-order valence-corrected chi connectivity index (χ3v) is 3.51. The second kappa shape index (κ2) is 8.94. The van der Waals surface area contributed by atoms with Gasteiger partial charge in [-0.25, -0.2) is 0 Å². The molecule has 0 fully saturated rings. The van der Waals surface area contributed by atoms with Crippen molar-refractivity contribution in [2.75, 3.05) is 18.1 Å². The molecule has 0 radical (unpaired) electrons. The first-order valence-corrected chi connectivity index (χ1v) is 7.29. The second-order valence-corrected chi connectivity index (χ2v) is 5.13. The molecule has 1 aromatic rings. The van der Waals surface area contributed by atoms with E-state index in [9.17, 15) is 9.90 Å². The number of amides is 1. The smallest absolute Gasteiger partial charge is 0.230 e. The average Bonchev–Trinajstić information content (AvgIpc) is 2.39. The Morgan fingerprint density at radius 2 is 2.39 bits per heavy atom. The molecule has 18 heavy (non-hydrogen) atoms. The fourth-order valence-electron chi connectivity index (χ4n) is 1.51. The predicted molar refractivity (Wildman–Crippen MR) is 74.6 cm³/mol. The molecule has 0 aromatic carbocycles. The number of pyridine rings is 1. The van der Waals surface area contributed by atoms with Crippen LogP contribution in [0.3, 0.4) is 0 Å². The summed E-state index contributed by atoms with van der Waals surface area (Å²) >= 11 is 1.61. The Kier molecular flexibility index (Phi) is 7.44. The van der Waals surface area contributed by atoms with Gasteiger partial charge in [-0.3, -0.25) is 9.78 Å². The van der Waals surface area contributed by atoms with Crippen molar-refractivity contribution in [2.45, 2.75) is 25.8 Å². The third kappa shape index (κ3) is 6.02. The number of hydrogen-bond acceptors (Lipinski definition) is 4. The van der Waals surface area contributed by atoms with E-state index < -0.39 is 0 Å². The number of nitrogens with zero attached hydrogens (tertiary/aromatic N) is 1. The molecule has 4 nitrogen and oxygen atoms in total. The number of thioether (sulfide) groups is 1. The number of hydrogen-bond donors (Lipinski definition) is 2. The van der Waals surface area contributed by atoms with Crippen LogP contribution in [0.5, 0.6) is 0 Å². The molecule has 0 unspecified atom stereocenters. The third-order valence-electron chi connectivity index (χ3n) is 2.35. The lowest BCUT2D eigenvalue weighted by Crippen LogP contribution is -2.40. The molecule has 0 aliphatic carbocycles. The molecule has 0 spiro atoms. The summed E-state index contributed by atoms with van der Waals surface area (Å²) in [5.74, 6) is 1.41. The van der Waals surface area contributed by atoms with Crippen LogP contribution in [-0.4, -0.2) is 40.2 Å². The molecular formula is C13H20N2O2S. The molecule has 5 heteroatoms. The fourth-order valence-corrected chi connectivity index (χ4v) is 2.21. The molecule has 0 aliphatic heterocycles. The van der Waals surface area contributed by atoms with E-state index in [1.54, 1.807) is 18.0 Å². The number of aliphatic hydroxyl groups is 1. The van der Waals surface area contributed by atoms with E-state index in [-0.39, 0.29) is 18.6 Å². The van der Waals surface area contributed by atoms with Crippen molar-refractivity contribution < 1.29 is 9.90 Å². The molecule has 1 atom stereocenters. The van der Waals surface area contributed by atoms with Crippen molar-refractivity contribution >= 4 is 17.7 Å². The lowest BCUT2D eigenvalue weighted by Gasteiger charge is -2.15. The van der Waals surface area contributed by atoms with Gasteiger partial charge in [-0.15, -0.1) is 0 Å². The molecule has 1 amide bonds. The van der Waals surface area contributed by atoms with Gasteiger partial charge >= 0.3 is 0 Å². The van der Waals surface area contributed by atoms with Crippen molar-refractivity contribution in [3.05, 3.63) is 30.1 Å². The van der Waals surface area contributed by atoms with Gasteiger partial charge in [0.2, 0.25) is 5.91 Å². The highest BCUT2D eigenvalue weighted by Crippen LogP contribution is 2.03. The van der Waals surface area contributed by atoms with Gasteiger partial charge in [0.25, 0.3) is 0 Å². The van der Waals surface area contributed by atoms with Crippen LogP contribution >= 0.6 is 11.8 Å². The Hall–Kier alpha value is -1.07. The maximum Gasteiger partial charge on any atom is 0.230 e. The number of rotatable bonds is 8. The Morgan fingerprint density at radius 3 is 3.00 bits per heavy atom. The molecule has 1 aromatic heterocycles. The lowest BCUT2D eigenvalue weighted by molar-refractivity contribution is -0.119. The van der Waals surface area contributed by atoms with Crippen molar-refractivity contribution in [3.8, 4) is 0 Å². The maximum absolute atomic E-state index is 11.6. The van der Waals surface area contributed by atoms with Crippen molar-refractivity contribution in [3.63, 3.8) is 0 Å². The topological polar surface area (TPSA) is 62.2 Å². The summed E-state index contributed by atoms with van der Waals surface area (Å²) in [4.78, 5) is 15.8. The molecule has 100 valence electrons. The van der Waals surface area contributed by atoms with Gasteiger partial charge < -0.3 is 10.4 Å². The largest absolute Gasteiger partial charge is 0.394 e. The summed E-state index contributed by atoms with van der Waals surface area (Å²) in [5.41, 5.74) is 0.873. The average molecular weight is 268 g/mol. The lowest BCUT2D eigenvalue weighted by atomic mass is 10.1. The minimum Gasteiger partial charge on any atom is -0.394 e. The summed E-state index contributed by atoms with van der Waals surface area (Å²) < 4.78 is 0. The van der Waals surface area contributed by atoms with Crippen LogP contribution in [0.1, 0.15) is 19.0 Å². The van der Waals surface area contributed by atoms with Gasteiger partial charge in [0, 0.05) is 18.3 Å². The minimum absolute atomic E-state index is 0.0246. The number of carbonyl (C=O) groups excluding carboxylic acids is 1. The van der Waals surface area contributed by atoms with Gasteiger partial charge in [0.05, 0.1) is 18.4 Å². The summed E-state index contributed by atoms with van der Waals surface area (Å²) in [7, 11) is 0. The van der Waals surface area contributed by atoms with E-state index in [1.807, 2.05) is 18.2 Å². The maximum atomic E-state index is 11.6. The fraction of sp³-hybridized carbons (Fsp3) is 0.538. The number of aromatic nitrogens is 1. The van der Waals surface area contributed by atoms with Crippen LogP contribution in [-0.2, 0) is 11.2 Å². The van der Waals surface area contributed by atoms with Crippen LogP contribution < -0.4 is 5.32 Å². The van der Waals surface area contributed by atoms with E-state index in [0.29, 0.717) is 12.2 Å². The first-order valence-electron chi connectivity index (χ1n) is 6.14. The molecule has 0 bridgehead atoms.